The van der Waals surface area contributed by atoms with Crippen LogP contribution in [0.4, 0.5) is 13.2 Å². The molecule has 1 aromatic carbocycles. The summed E-state index contributed by atoms with van der Waals surface area (Å²) in [5.74, 6) is 5.93. The number of alkyl halides is 3. The van der Waals surface area contributed by atoms with Crippen LogP contribution in [-0.2, 0) is 6.18 Å². The summed E-state index contributed by atoms with van der Waals surface area (Å²) in [6.07, 6.45) is -4.30. The number of hydrogen-bond acceptors (Lipinski definition) is 2. The first-order valence-corrected chi connectivity index (χ1v) is 6.67. The van der Waals surface area contributed by atoms with Crippen molar-refractivity contribution < 1.29 is 13.2 Å². The van der Waals surface area contributed by atoms with Crippen molar-refractivity contribution in [2.24, 2.45) is 22.6 Å². The average Bonchev–Trinajstić information content (AvgIpc) is 2.73. The van der Waals surface area contributed by atoms with Crippen molar-refractivity contribution in [3.05, 3.63) is 35.4 Å². The zero-order valence-electron chi connectivity index (χ0n) is 12.2. The van der Waals surface area contributed by atoms with Crippen LogP contribution in [0.2, 0.25) is 0 Å². The van der Waals surface area contributed by atoms with E-state index >= 15 is 0 Å². The Labute approximate surface area is 117 Å². The highest BCUT2D eigenvalue weighted by Gasteiger charge is 2.67. The molecular formula is C15H21F3N2. The van der Waals surface area contributed by atoms with E-state index in [2.05, 4.69) is 33.1 Å². The topological polar surface area (TPSA) is 38.0 Å². The second kappa shape index (κ2) is 4.46. The fourth-order valence-electron chi connectivity index (χ4n) is 3.35. The SMILES string of the molecule is CC1(C)C(C(NN)c2ccc(C(F)(F)F)cc2)C1(C)C. The number of hydrazine groups is 1. The fraction of sp³-hybridized carbons (Fsp3) is 0.600. The zero-order valence-corrected chi connectivity index (χ0v) is 12.2. The number of nitrogens with one attached hydrogen (secondary N) is 1. The van der Waals surface area contributed by atoms with Gasteiger partial charge in [-0.3, -0.25) is 11.3 Å². The Kier molecular flexibility index (Phi) is 3.42. The second-order valence-electron chi connectivity index (χ2n) is 6.69. The number of halogens is 3. The first-order chi connectivity index (χ1) is 9.03. The molecule has 1 aliphatic rings. The zero-order chi connectivity index (χ0) is 15.3. The third kappa shape index (κ3) is 2.23. The normalized spacial score (nSPS) is 22.6. The minimum absolute atomic E-state index is 0.104. The summed E-state index contributed by atoms with van der Waals surface area (Å²) in [4.78, 5) is 0. The van der Waals surface area contributed by atoms with Crippen LogP contribution < -0.4 is 11.3 Å². The molecule has 0 saturated heterocycles. The van der Waals surface area contributed by atoms with Gasteiger partial charge in [0.1, 0.15) is 0 Å². The van der Waals surface area contributed by atoms with Crippen molar-refractivity contribution in [1.82, 2.24) is 5.43 Å². The minimum atomic E-state index is -4.30. The van der Waals surface area contributed by atoms with Gasteiger partial charge in [-0.1, -0.05) is 39.8 Å². The standard InChI is InChI=1S/C15H21F3N2/c1-13(2)12(14(13,3)4)11(20-19)9-5-7-10(8-6-9)15(16,17)18/h5-8,11-12,20H,19H2,1-4H3. The Hall–Kier alpha value is -1.07. The highest BCUT2D eigenvalue weighted by molar-refractivity contribution is 5.31. The van der Waals surface area contributed by atoms with Gasteiger partial charge in [-0.15, -0.1) is 0 Å². The Morgan fingerprint density at radius 2 is 1.50 bits per heavy atom. The van der Waals surface area contributed by atoms with Crippen molar-refractivity contribution >= 4 is 0 Å². The molecule has 1 fully saturated rings. The molecule has 3 N–H and O–H groups in total. The summed E-state index contributed by atoms with van der Waals surface area (Å²) in [6.45, 7) is 8.64. The fourth-order valence-corrected chi connectivity index (χ4v) is 3.35. The van der Waals surface area contributed by atoms with Gasteiger partial charge >= 0.3 is 6.18 Å². The molecule has 1 atom stereocenters. The van der Waals surface area contributed by atoms with E-state index in [0.29, 0.717) is 0 Å². The number of nitrogens with two attached hydrogens (primary N) is 1. The molecule has 2 rings (SSSR count). The van der Waals surface area contributed by atoms with Gasteiger partial charge in [-0.2, -0.15) is 13.2 Å². The van der Waals surface area contributed by atoms with Crippen LogP contribution in [0.15, 0.2) is 24.3 Å². The monoisotopic (exact) mass is 286 g/mol. The smallest absolute Gasteiger partial charge is 0.271 e. The van der Waals surface area contributed by atoms with Gasteiger partial charge in [0.2, 0.25) is 0 Å². The van der Waals surface area contributed by atoms with Gasteiger partial charge in [0, 0.05) is 6.04 Å². The van der Waals surface area contributed by atoms with Crippen molar-refractivity contribution in [3.8, 4) is 0 Å². The Bertz CT molecular complexity index is 475. The minimum Gasteiger partial charge on any atom is -0.271 e. The molecule has 112 valence electrons. The van der Waals surface area contributed by atoms with Crippen LogP contribution in [0.5, 0.6) is 0 Å². The van der Waals surface area contributed by atoms with E-state index in [4.69, 9.17) is 5.84 Å². The molecule has 2 nitrogen and oxygen atoms in total. The van der Waals surface area contributed by atoms with Crippen LogP contribution in [0.3, 0.4) is 0 Å². The van der Waals surface area contributed by atoms with Crippen molar-refractivity contribution in [1.29, 1.82) is 0 Å². The molecule has 5 heteroatoms. The van der Waals surface area contributed by atoms with Crippen molar-refractivity contribution in [3.63, 3.8) is 0 Å². The molecule has 0 spiro atoms. The van der Waals surface area contributed by atoms with Gasteiger partial charge in [0.25, 0.3) is 0 Å². The predicted molar refractivity (Wildman–Crippen MR) is 72.6 cm³/mol. The molecule has 0 aliphatic heterocycles. The van der Waals surface area contributed by atoms with Gasteiger partial charge < -0.3 is 0 Å². The van der Waals surface area contributed by atoms with Crippen LogP contribution in [0.25, 0.3) is 0 Å². The lowest BCUT2D eigenvalue weighted by Gasteiger charge is -2.19. The number of rotatable bonds is 3. The summed E-state index contributed by atoms with van der Waals surface area (Å²) < 4.78 is 37.7. The molecule has 1 aliphatic carbocycles. The summed E-state index contributed by atoms with van der Waals surface area (Å²) in [5, 5.41) is 0. The van der Waals surface area contributed by atoms with Crippen molar-refractivity contribution in [2.75, 3.05) is 0 Å². The van der Waals surface area contributed by atoms with E-state index in [1.807, 2.05) is 0 Å². The predicted octanol–water partition coefficient (Wildman–Crippen LogP) is 3.89. The Morgan fingerprint density at radius 1 is 1.05 bits per heavy atom. The second-order valence-corrected chi connectivity index (χ2v) is 6.69. The quantitative estimate of drug-likeness (QED) is 0.653. The van der Waals surface area contributed by atoms with Crippen LogP contribution in [0, 0.1) is 16.7 Å². The number of benzene rings is 1. The molecule has 20 heavy (non-hydrogen) atoms. The lowest BCUT2D eigenvalue weighted by Crippen LogP contribution is -2.31. The first kappa shape index (κ1) is 15.3. The average molecular weight is 286 g/mol. The highest BCUT2D eigenvalue weighted by Crippen LogP contribution is 2.72. The molecular weight excluding hydrogens is 265 g/mol. The highest BCUT2D eigenvalue weighted by atomic mass is 19.4. The van der Waals surface area contributed by atoms with E-state index < -0.39 is 11.7 Å². The summed E-state index contributed by atoms with van der Waals surface area (Å²) in [6, 6.07) is 5.11. The molecule has 0 amide bonds. The Morgan fingerprint density at radius 3 is 1.80 bits per heavy atom. The summed E-state index contributed by atoms with van der Waals surface area (Å²) >= 11 is 0. The molecule has 0 radical (unpaired) electrons. The molecule has 0 aromatic heterocycles. The third-order valence-corrected chi connectivity index (χ3v) is 5.24. The van der Waals surface area contributed by atoms with E-state index in [1.54, 1.807) is 0 Å². The molecule has 0 bridgehead atoms. The van der Waals surface area contributed by atoms with Crippen LogP contribution in [0.1, 0.15) is 44.9 Å². The molecule has 1 unspecified atom stereocenters. The largest absolute Gasteiger partial charge is 0.416 e. The van der Waals surface area contributed by atoms with Gasteiger partial charge in [0.15, 0.2) is 0 Å². The van der Waals surface area contributed by atoms with Crippen LogP contribution >= 0.6 is 0 Å². The molecule has 1 aromatic rings. The van der Waals surface area contributed by atoms with E-state index in [-0.39, 0.29) is 22.8 Å². The molecule has 1 saturated carbocycles. The van der Waals surface area contributed by atoms with Gasteiger partial charge in [0.05, 0.1) is 5.56 Å². The number of hydrogen-bond donors (Lipinski definition) is 2. The lowest BCUT2D eigenvalue weighted by molar-refractivity contribution is -0.137. The maximum Gasteiger partial charge on any atom is 0.416 e. The Balaban J connectivity index is 2.27. The van der Waals surface area contributed by atoms with E-state index in [1.165, 1.54) is 12.1 Å². The summed E-state index contributed by atoms with van der Waals surface area (Å²) in [7, 11) is 0. The molecule has 0 heterocycles. The van der Waals surface area contributed by atoms with E-state index in [9.17, 15) is 13.2 Å². The maximum absolute atomic E-state index is 12.6. The van der Waals surface area contributed by atoms with Gasteiger partial charge in [-0.05, 0) is 34.4 Å². The van der Waals surface area contributed by atoms with E-state index in [0.717, 1.165) is 17.7 Å². The van der Waals surface area contributed by atoms with Crippen molar-refractivity contribution in [2.45, 2.75) is 39.9 Å². The third-order valence-electron chi connectivity index (χ3n) is 5.24. The summed E-state index contributed by atoms with van der Waals surface area (Å²) in [5.41, 5.74) is 3.14. The van der Waals surface area contributed by atoms with Gasteiger partial charge in [-0.25, -0.2) is 0 Å². The lowest BCUT2D eigenvalue weighted by atomic mass is 9.96. The first-order valence-electron chi connectivity index (χ1n) is 6.67. The maximum atomic E-state index is 12.6. The van der Waals surface area contributed by atoms with Crippen LogP contribution in [-0.4, -0.2) is 0 Å².